The summed E-state index contributed by atoms with van der Waals surface area (Å²) in [6.45, 7) is 4.42. The molecule has 0 aliphatic carbocycles. The zero-order valence-corrected chi connectivity index (χ0v) is 12.7. The number of hydrogen-bond donors (Lipinski definition) is 2. The van der Waals surface area contributed by atoms with Crippen molar-refractivity contribution in [2.45, 2.75) is 32.2 Å². The fraction of sp³-hybridized carbons (Fsp3) is 1.00. The van der Waals surface area contributed by atoms with E-state index in [9.17, 15) is 0 Å². The molecule has 1 aliphatic heterocycles. The van der Waals surface area contributed by atoms with Crippen molar-refractivity contribution in [1.29, 1.82) is 0 Å². The Morgan fingerprint density at radius 1 is 1.18 bits per heavy atom. The number of hydrogen-bond acceptors (Lipinski definition) is 5. The maximum atomic E-state index is 5.80. The average molecular weight is 264 g/mol. The second-order valence-electron chi connectivity index (χ2n) is 4.31. The smallest absolute Gasteiger partial charge is 0.379 e. The molecule has 1 saturated heterocycles. The minimum absolute atomic E-state index is 0.366. The Hall–Kier alpha value is 0.0169. The minimum atomic E-state index is -1.67. The molecule has 1 heterocycles. The van der Waals surface area contributed by atoms with Gasteiger partial charge in [-0.1, -0.05) is 6.42 Å². The van der Waals surface area contributed by atoms with Crippen LogP contribution in [0.1, 0.15) is 26.2 Å². The van der Waals surface area contributed by atoms with Crippen LogP contribution < -0.4 is 11.1 Å². The van der Waals surface area contributed by atoms with E-state index in [1.807, 2.05) is 0 Å². The van der Waals surface area contributed by atoms with E-state index in [-0.39, 0.29) is 0 Å². The summed E-state index contributed by atoms with van der Waals surface area (Å²) >= 11 is 0. The van der Waals surface area contributed by atoms with E-state index in [1.165, 1.54) is 25.8 Å². The molecule has 0 aromatic rings. The lowest BCUT2D eigenvalue weighted by Crippen LogP contribution is -2.33. The second-order valence-corrected chi connectivity index (χ2v) is 6.31. The van der Waals surface area contributed by atoms with Crippen LogP contribution in [0.2, 0.25) is 0 Å². The van der Waals surface area contributed by atoms with Crippen LogP contribution in [-0.4, -0.2) is 50.0 Å². The van der Waals surface area contributed by atoms with E-state index in [4.69, 9.17) is 19.0 Å². The number of nitrogens with two attached hydrogens (primary N) is 1. The predicted molar refractivity (Wildman–Crippen MR) is 72.0 cm³/mol. The van der Waals surface area contributed by atoms with E-state index < -0.39 is 9.53 Å². The van der Waals surface area contributed by atoms with Crippen LogP contribution >= 0.6 is 0 Å². The van der Waals surface area contributed by atoms with Gasteiger partial charge in [0, 0.05) is 27.4 Å². The van der Waals surface area contributed by atoms with E-state index in [2.05, 4.69) is 12.2 Å². The van der Waals surface area contributed by atoms with Crippen molar-refractivity contribution in [3.05, 3.63) is 0 Å². The summed E-state index contributed by atoms with van der Waals surface area (Å²) in [6, 6.07) is 0.366. The molecule has 0 amide bonds. The van der Waals surface area contributed by atoms with Gasteiger partial charge in [0.1, 0.15) is 0 Å². The maximum Gasteiger partial charge on any atom is 0.483 e. The van der Waals surface area contributed by atoms with Crippen LogP contribution in [0.3, 0.4) is 0 Å². The summed E-state index contributed by atoms with van der Waals surface area (Å²) < 4.78 is 14.2. The second kappa shape index (κ2) is 11.1. The molecule has 0 aromatic heterocycles. The molecule has 6 heteroatoms. The van der Waals surface area contributed by atoms with Gasteiger partial charge >= 0.3 is 9.53 Å². The van der Waals surface area contributed by atoms with Crippen LogP contribution in [0.25, 0.3) is 0 Å². The highest BCUT2D eigenvalue weighted by molar-refractivity contribution is 6.36. The fourth-order valence-electron chi connectivity index (χ4n) is 1.78. The minimum Gasteiger partial charge on any atom is -0.379 e. The molecule has 0 aromatic carbocycles. The summed E-state index contributed by atoms with van der Waals surface area (Å²) in [5.74, 6) is 0.711. The van der Waals surface area contributed by atoms with Gasteiger partial charge in [-0.3, -0.25) is 0 Å². The van der Waals surface area contributed by atoms with E-state index in [0.717, 1.165) is 6.54 Å². The van der Waals surface area contributed by atoms with E-state index in [1.54, 1.807) is 21.3 Å². The van der Waals surface area contributed by atoms with Gasteiger partial charge in [-0.15, -0.1) is 0 Å². The Bertz CT molecular complexity index is 155. The van der Waals surface area contributed by atoms with Gasteiger partial charge in [0.25, 0.3) is 0 Å². The van der Waals surface area contributed by atoms with Gasteiger partial charge in [0.15, 0.2) is 0 Å². The molecule has 104 valence electrons. The molecule has 0 bridgehead atoms. The first-order valence-electron chi connectivity index (χ1n) is 6.20. The molecule has 0 saturated carbocycles. The molecule has 2 atom stereocenters. The van der Waals surface area contributed by atoms with Crippen molar-refractivity contribution >= 4 is 9.53 Å². The van der Waals surface area contributed by atoms with Crippen LogP contribution in [0.15, 0.2) is 0 Å². The van der Waals surface area contributed by atoms with Gasteiger partial charge < -0.3 is 24.3 Å². The summed E-state index contributed by atoms with van der Waals surface area (Å²) in [5.41, 5.74) is 5.80. The van der Waals surface area contributed by atoms with Gasteiger partial charge in [-0.05, 0) is 38.8 Å². The van der Waals surface area contributed by atoms with Crippen LogP contribution in [-0.2, 0) is 13.3 Å². The van der Waals surface area contributed by atoms with Crippen molar-refractivity contribution in [3.8, 4) is 0 Å². The Morgan fingerprint density at radius 3 is 2.18 bits per heavy atom. The topological polar surface area (TPSA) is 65.7 Å². The first kappa shape index (κ1) is 17.0. The number of rotatable bonds is 4. The highest BCUT2D eigenvalue weighted by Gasteiger charge is 2.14. The zero-order valence-electron chi connectivity index (χ0n) is 11.6. The molecule has 17 heavy (non-hydrogen) atoms. The third-order valence-electron chi connectivity index (χ3n) is 2.91. The monoisotopic (exact) mass is 264 g/mol. The predicted octanol–water partition coefficient (Wildman–Crippen LogP) is 0.366. The lowest BCUT2D eigenvalue weighted by molar-refractivity contribution is 0.163. The number of nitrogens with one attached hydrogen (secondary N) is 1. The third kappa shape index (κ3) is 8.70. The van der Waals surface area contributed by atoms with E-state index in [0.29, 0.717) is 12.0 Å². The average Bonchev–Trinajstić information content (AvgIpc) is 2.61. The van der Waals surface area contributed by atoms with Crippen LogP contribution in [0.4, 0.5) is 0 Å². The zero-order chi connectivity index (χ0) is 13.1. The fourth-order valence-corrected chi connectivity index (χ4v) is 2.36. The quantitative estimate of drug-likeness (QED) is 0.718. The Balaban J connectivity index is 0.000000325. The highest BCUT2D eigenvalue weighted by atomic mass is 28.3. The van der Waals surface area contributed by atoms with E-state index >= 15 is 0 Å². The van der Waals surface area contributed by atoms with Crippen molar-refractivity contribution in [3.63, 3.8) is 0 Å². The molecule has 2 unspecified atom stereocenters. The van der Waals surface area contributed by atoms with Gasteiger partial charge in [-0.2, -0.15) is 0 Å². The summed E-state index contributed by atoms with van der Waals surface area (Å²) in [6.07, 6.45) is 3.98. The van der Waals surface area contributed by atoms with Crippen molar-refractivity contribution in [2.75, 3.05) is 34.4 Å². The van der Waals surface area contributed by atoms with Crippen molar-refractivity contribution < 1.29 is 13.3 Å². The standard InChI is InChI=1S/C8H18N2.C3H10O3Si/c1-7(9)8-4-2-3-5-10-6-8;1-4-7(5-2)6-3/h7-8,10H,2-6,9H2,1H3;7H,1-3H3. The Labute approximate surface area is 107 Å². The maximum absolute atomic E-state index is 5.80. The third-order valence-corrected chi connectivity index (χ3v) is 4.06. The molecule has 0 spiro atoms. The van der Waals surface area contributed by atoms with Gasteiger partial charge in [0.2, 0.25) is 0 Å². The Morgan fingerprint density at radius 2 is 1.76 bits per heavy atom. The van der Waals surface area contributed by atoms with Crippen molar-refractivity contribution in [2.24, 2.45) is 11.7 Å². The molecular weight excluding hydrogens is 236 g/mol. The van der Waals surface area contributed by atoms with Gasteiger partial charge in [-0.25, -0.2) is 0 Å². The Kier molecular flexibility index (Phi) is 11.1. The molecule has 1 fully saturated rings. The molecule has 0 radical (unpaired) electrons. The largest absolute Gasteiger partial charge is 0.483 e. The molecule has 1 rings (SSSR count). The summed E-state index contributed by atoms with van der Waals surface area (Å²) in [4.78, 5) is 0. The summed E-state index contributed by atoms with van der Waals surface area (Å²) in [7, 11) is 3.05. The normalized spacial score (nSPS) is 22.6. The summed E-state index contributed by atoms with van der Waals surface area (Å²) in [5, 5.41) is 3.40. The highest BCUT2D eigenvalue weighted by Crippen LogP contribution is 2.13. The molecule has 3 N–H and O–H groups in total. The SMILES string of the molecule is CC(N)C1CCCCNC1.CO[SiH](OC)OC. The molecule has 1 aliphatic rings. The first-order valence-corrected chi connectivity index (χ1v) is 7.61. The molecular formula is C11H28N2O3Si. The lowest BCUT2D eigenvalue weighted by Gasteiger charge is -2.17. The first-order chi connectivity index (χ1) is 8.15. The lowest BCUT2D eigenvalue weighted by atomic mass is 9.97. The van der Waals surface area contributed by atoms with Crippen molar-refractivity contribution in [1.82, 2.24) is 5.32 Å². The molecule has 5 nitrogen and oxygen atoms in total. The van der Waals surface area contributed by atoms with Crippen LogP contribution in [0, 0.1) is 5.92 Å². The van der Waals surface area contributed by atoms with Crippen LogP contribution in [0.5, 0.6) is 0 Å². The van der Waals surface area contributed by atoms with Gasteiger partial charge in [0.05, 0.1) is 0 Å².